The van der Waals surface area contributed by atoms with Crippen LogP contribution in [0.15, 0.2) is 48.5 Å². The fourth-order valence-electron chi connectivity index (χ4n) is 3.01. The summed E-state index contributed by atoms with van der Waals surface area (Å²) < 4.78 is 24.6. The van der Waals surface area contributed by atoms with Gasteiger partial charge in [0.15, 0.2) is 0 Å². The first kappa shape index (κ1) is 16.9. The Balaban J connectivity index is 1.38. The Morgan fingerprint density at radius 2 is 1.71 bits per heavy atom. The maximum Gasteiger partial charge on any atom is 0.128 e. The molecule has 1 saturated heterocycles. The number of hydrogen-bond acceptors (Lipinski definition) is 3. The molecule has 1 N–H and O–H groups in total. The molecule has 128 valence electrons. The summed E-state index contributed by atoms with van der Waals surface area (Å²) in [7, 11) is 0. The smallest absolute Gasteiger partial charge is 0.128 e. The van der Waals surface area contributed by atoms with Gasteiger partial charge >= 0.3 is 0 Å². The Morgan fingerprint density at radius 1 is 0.958 bits per heavy atom. The van der Waals surface area contributed by atoms with Gasteiger partial charge in [0.05, 0.1) is 13.2 Å². The van der Waals surface area contributed by atoms with Gasteiger partial charge in [-0.05, 0) is 55.6 Å². The molecule has 1 aliphatic rings. The van der Waals surface area contributed by atoms with E-state index in [4.69, 9.17) is 9.47 Å². The minimum atomic E-state index is -0.230. The lowest BCUT2D eigenvalue weighted by molar-refractivity contribution is 0.0872. The molecule has 1 heterocycles. The summed E-state index contributed by atoms with van der Waals surface area (Å²) >= 11 is 0. The molecule has 0 aliphatic carbocycles. The maximum atomic E-state index is 13.4. The van der Waals surface area contributed by atoms with Crippen LogP contribution in [0.4, 0.5) is 4.39 Å². The van der Waals surface area contributed by atoms with Crippen molar-refractivity contribution in [1.29, 1.82) is 0 Å². The van der Waals surface area contributed by atoms with Crippen LogP contribution in [-0.4, -0.2) is 26.3 Å². The molecule has 0 radical (unpaired) electrons. The highest BCUT2D eigenvalue weighted by Crippen LogP contribution is 2.26. The van der Waals surface area contributed by atoms with Crippen LogP contribution in [0.5, 0.6) is 5.75 Å². The quantitative estimate of drug-likeness (QED) is 0.782. The third kappa shape index (κ3) is 4.79. The lowest BCUT2D eigenvalue weighted by Gasteiger charge is -2.23. The van der Waals surface area contributed by atoms with Crippen molar-refractivity contribution in [2.24, 2.45) is 0 Å². The summed E-state index contributed by atoms with van der Waals surface area (Å²) in [5, 5.41) is 3.39. The molecule has 0 saturated carbocycles. The summed E-state index contributed by atoms with van der Waals surface area (Å²) in [4.78, 5) is 0. The number of hydrogen-bond donors (Lipinski definition) is 1. The predicted molar refractivity (Wildman–Crippen MR) is 92.8 cm³/mol. The van der Waals surface area contributed by atoms with Crippen molar-refractivity contribution in [3.63, 3.8) is 0 Å². The molecule has 3 rings (SSSR count). The van der Waals surface area contributed by atoms with E-state index in [1.54, 1.807) is 12.1 Å². The largest absolute Gasteiger partial charge is 0.491 e. The Morgan fingerprint density at radius 3 is 2.46 bits per heavy atom. The zero-order valence-corrected chi connectivity index (χ0v) is 13.8. The topological polar surface area (TPSA) is 30.5 Å². The molecular weight excluding hydrogens is 305 g/mol. The van der Waals surface area contributed by atoms with Gasteiger partial charge in [-0.3, -0.25) is 0 Å². The van der Waals surface area contributed by atoms with Gasteiger partial charge in [-0.2, -0.15) is 0 Å². The summed E-state index contributed by atoms with van der Waals surface area (Å²) in [5.41, 5.74) is 1.96. The summed E-state index contributed by atoms with van der Waals surface area (Å²) in [6, 6.07) is 15.0. The van der Waals surface area contributed by atoms with E-state index in [2.05, 4.69) is 17.4 Å². The van der Waals surface area contributed by atoms with Crippen LogP contribution < -0.4 is 10.1 Å². The van der Waals surface area contributed by atoms with E-state index < -0.39 is 0 Å². The van der Waals surface area contributed by atoms with Crippen molar-refractivity contribution in [2.45, 2.75) is 25.4 Å². The second-order valence-corrected chi connectivity index (χ2v) is 6.09. The van der Waals surface area contributed by atoms with Crippen LogP contribution in [0.1, 0.15) is 29.9 Å². The van der Waals surface area contributed by atoms with Gasteiger partial charge in [0.2, 0.25) is 0 Å². The van der Waals surface area contributed by atoms with Gasteiger partial charge in [0.25, 0.3) is 0 Å². The molecule has 24 heavy (non-hydrogen) atoms. The second kappa shape index (κ2) is 8.81. The number of halogens is 1. The maximum absolute atomic E-state index is 13.4. The van der Waals surface area contributed by atoms with E-state index >= 15 is 0 Å². The van der Waals surface area contributed by atoms with Gasteiger partial charge in [-0.1, -0.05) is 30.3 Å². The monoisotopic (exact) mass is 329 g/mol. The van der Waals surface area contributed by atoms with Crippen molar-refractivity contribution in [2.75, 3.05) is 26.3 Å². The Labute approximate surface area is 142 Å². The number of benzene rings is 2. The molecule has 1 aliphatic heterocycles. The zero-order valence-electron chi connectivity index (χ0n) is 13.8. The highest BCUT2D eigenvalue weighted by Gasteiger charge is 2.14. The van der Waals surface area contributed by atoms with Crippen LogP contribution in [0.2, 0.25) is 0 Å². The van der Waals surface area contributed by atoms with Crippen LogP contribution in [0.3, 0.4) is 0 Å². The number of piperidine rings is 1. The highest BCUT2D eigenvalue weighted by atomic mass is 19.1. The predicted octanol–water partition coefficient (Wildman–Crippen LogP) is 3.89. The fraction of sp³-hybridized carbons (Fsp3) is 0.400. The molecule has 0 aromatic heterocycles. The summed E-state index contributed by atoms with van der Waals surface area (Å²) in [6.07, 6.45) is 2.40. The van der Waals surface area contributed by atoms with Crippen molar-refractivity contribution in [3.8, 4) is 5.75 Å². The summed E-state index contributed by atoms with van der Waals surface area (Å²) in [5.74, 6) is 1.28. The normalized spacial score (nSPS) is 15.4. The zero-order chi connectivity index (χ0) is 16.6. The van der Waals surface area contributed by atoms with Gasteiger partial charge in [-0.25, -0.2) is 4.39 Å². The molecule has 0 unspecified atom stereocenters. The molecule has 3 nitrogen and oxygen atoms in total. The molecule has 1 fully saturated rings. The van der Waals surface area contributed by atoms with Crippen LogP contribution in [-0.2, 0) is 11.3 Å². The molecule has 0 spiro atoms. The van der Waals surface area contributed by atoms with E-state index in [1.165, 1.54) is 24.5 Å². The molecule has 2 aromatic carbocycles. The molecule has 4 heteroatoms. The van der Waals surface area contributed by atoms with Gasteiger partial charge in [0.1, 0.15) is 18.2 Å². The molecule has 2 aromatic rings. The average molecular weight is 329 g/mol. The van der Waals surface area contributed by atoms with Crippen LogP contribution in [0, 0.1) is 5.82 Å². The lowest BCUT2D eigenvalue weighted by Crippen LogP contribution is -2.26. The van der Waals surface area contributed by atoms with E-state index in [0.29, 0.717) is 24.7 Å². The van der Waals surface area contributed by atoms with E-state index in [1.807, 2.05) is 18.2 Å². The second-order valence-electron chi connectivity index (χ2n) is 6.09. The van der Waals surface area contributed by atoms with E-state index in [-0.39, 0.29) is 12.4 Å². The summed E-state index contributed by atoms with van der Waals surface area (Å²) in [6.45, 7) is 3.36. The van der Waals surface area contributed by atoms with Crippen molar-refractivity contribution >= 4 is 0 Å². The van der Waals surface area contributed by atoms with Crippen LogP contribution in [0.25, 0.3) is 0 Å². The van der Waals surface area contributed by atoms with Crippen LogP contribution >= 0.6 is 0 Å². The highest BCUT2D eigenvalue weighted by molar-refractivity contribution is 5.29. The Hall–Kier alpha value is -1.91. The first-order valence-electron chi connectivity index (χ1n) is 8.57. The van der Waals surface area contributed by atoms with Crippen molar-refractivity contribution in [3.05, 3.63) is 65.5 Å². The van der Waals surface area contributed by atoms with E-state index in [0.717, 1.165) is 18.8 Å². The Bertz CT molecular complexity index is 624. The lowest BCUT2D eigenvalue weighted by atomic mass is 9.90. The number of ether oxygens (including phenoxy) is 2. The third-order valence-corrected chi connectivity index (χ3v) is 4.40. The van der Waals surface area contributed by atoms with Crippen molar-refractivity contribution in [1.82, 2.24) is 5.32 Å². The third-order valence-electron chi connectivity index (χ3n) is 4.40. The molecule has 0 bridgehead atoms. The average Bonchev–Trinajstić information content (AvgIpc) is 2.64. The minimum Gasteiger partial charge on any atom is -0.491 e. The van der Waals surface area contributed by atoms with E-state index in [9.17, 15) is 4.39 Å². The number of nitrogens with one attached hydrogen (secondary N) is 1. The van der Waals surface area contributed by atoms with Gasteiger partial charge in [-0.15, -0.1) is 0 Å². The SMILES string of the molecule is Fc1ccccc1COCCOc1ccc(C2CCNCC2)cc1. The first-order valence-corrected chi connectivity index (χ1v) is 8.57. The molecule has 0 amide bonds. The fourth-order valence-corrected chi connectivity index (χ4v) is 3.01. The standard InChI is InChI=1S/C20H24FNO2/c21-20-4-2-1-3-18(20)15-23-13-14-24-19-7-5-16(6-8-19)17-9-11-22-12-10-17/h1-8,17,22H,9-15H2. The molecule has 0 atom stereocenters. The number of rotatable bonds is 7. The first-order chi connectivity index (χ1) is 11.8. The van der Waals surface area contributed by atoms with Gasteiger partial charge in [0, 0.05) is 5.56 Å². The Kier molecular flexibility index (Phi) is 6.21. The van der Waals surface area contributed by atoms with Crippen molar-refractivity contribution < 1.29 is 13.9 Å². The molecular formula is C20H24FNO2. The van der Waals surface area contributed by atoms with Gasteiger partial charge < -0.3 is 14.8 Å². The minimum absolute atomic E-state index is 0.230.